The first-order valence-electron chi connectivity index (χ1n) is 5.69. The molecule has 1 nitrogen and oxygen atoms in total. The third kappa shape index (κ3) is 3.47. The van der Waals surface area contributed by atoms with Crippen molar-refractivity contribution in [3.63, 3.8) is 0 Å². The van der Waals surface area contributed by atoms with Gasteiger partial charge in [0.25, 0.3) is 0 Å². The van der Waals surface area contributed by atoms with Gasteiger partial charge in [-0.3, -0.25) is 0 Å². The minimum Gasteiger partial charge on any atom is -0.323 e. The first-order chi connectivity index (χ1) is 7.20. The van der Waals surface area contributed by atoms with Gasteiger partial charge in [-0.05, 0) is 23.8 Å². The highest BCUT2D eigenvalue weighted by Gasteiger charge is 2.20. The van der Waals surface area contributed by atoms with Crippen LogP contribution in [0.4, 0.5) is 0 Å². The SMILES string of the molecule is CCCCC(CC)C(N)c1sccc1Cl. The molecule has 1 heterocycles. The molecule has 0 fully saturated rings. The maximum absolute atomic E-state index is 6.26. The van der Waals surface area contributed by atoms with E-state index in [0.29, 0.717) is 5.92 Å². The summed E-state index contributed by atoms with van der Waals surface area (Å²) in [5.41, 5.74) is 6.26. The molecule has 0 spiro atoms. The lowest BCUT2D eigenvalue weighted by Gasteiger charge is -2.21. The van der Waals surface area contributed by atoms with Crippen LogP contribution in [0.1, 0.15) is 50.4 Å². The van der Waals surface area contributed by atoms with Gasteiger partial charge in [0.1, 0.15) is 0 Å². The quantitative estimate of drug-likeness (QED) is 0.778. The molecular formula is C12H20ClNS. The van der Waals surface area contributed by atoms with Gasteiger partial charge in [0.2, 0.25) is 0 Å². The van der Waals surface area contributed by atoms with Crippen LogP contribution in [-0.2, 0) is 0 Å². The molecule has 1 aromatic heterocycles. The Morgan fingerprint density at radius 1 is 1.47 bits per heavy atom. The van der Waals surface area contributed by atoms with E-state index in [1.54, 1.807) is 11.3 Å². The number of thiophene rings is 1. The topological polar surface area (TPSA) is 26.0 Å². The number of halogens is 1. The highest BCUT2D eigenvalue weighted by molar-refractivity contribution is 7.10. The normalized spacial score (nSPS) is 15.2. The third-order valence-corrected chi connectivity index (χ3v) is 4.37. The van der Waals surface area contributed by atoms with Crippen LogP contribution in [0.25, 0.3) is 0 Å². The molecule has 3 heteroatoms. The average Bonchev–Trinajstić information content (AvgIpc) is 2.65. The van der Waals surface area contributed by atoms with Crippen molar-refractivity contribution in [2.24, 2.45) is 11.7 Å². The van der Waals surface area contributed by atoms with E-state index in [-0.39, 0.29) is 6.04 Å². The van der Waals surface area contributed by atoms with Crippen molar-refractivity contribution in [2.75, 3.05) is 0 Å². The van der Waals surface area contributed by atoms with Crippen molar-refractivity contribution in [3.05, 3.63) is 21.3 Å². The second kappa shape index (κ2) is 6.51. The van der Waals surface area contributed by atoms with Crippen LogP contribution in [0.3, 0.4) is 0 Å². The zero-order chi connectivity index (χ0) is 11.3. The Balaban J connectivity index is 2.64. The van der Waals surface area contributed by atoms with Crippen LogP contribution in [0, 0.1) is 5.92 Å². The fraction of sp³-hybridized carbons (Fsp3) is 0.667. The largest absolute Gasteiger partial charge is 0.323 e. The second-order valence-electron chi connectivity index (χ2n) is 3.97. The Labute approximate surface area is 102 Å². The van der Waals surface area contributed by atoms with Crippen molar-refractivity contribution in [1.29, 1.82) is 0 Å². The van der Waals surface area contributed by atoms with E-state index in [0.717, 1.165) is 16.3 Å². The van der Waals surface area contributed by atoms with Gasteiger partial charge in [0.15, 0.2) is 0 Å². The van der Waals surface area contributed by atoms with E-state index >= 15 is 0 Å². The maximum atomic E-state index is 6.26. The van der Waals surface area contributed by atoms with Crippen molar-refractivity contribution in [1.82, 2.24) is 0 Å². The van der Waals surface area contributed by atoms with Gasteiger partial charge < -0.3 is 5.73 Å². The highest BCUT2D eigenvalue weighted by Crippen LogP contribution is 2.34. The van der Waals surface area contributed by atoms with Crippen molar-refractivity contribution < 1.29 is 0 Å². The Kier molecular flexibility index (Phi) is 5.65. The van der Waals surface area contributed by atoms with Gasteiger partial charge in [0.05, 0.1) is 5.02 Å². The summed E-state index contributed by atoms with van der Waals surface area (Å²) in [6.45, 7) is 4.43. The van der Waals surface area contributed by atoms with Gasteiger partial charge >= 0.3 is 0 Å². The molecule has 0 aliphatic rings. The van der Waals surface area contributed by atoms with Gasteiger partial charge in [0, 0.05) is 10.9 Å². The van der Waals surface area contributed by atoms with Gasteiger partial charge in [-0.2, -0.15) is 0 Å². The Bertz CT molecular complexity index is 285. The number of nitrogens with two attached hydrogens (primary N) is 1. The summed E-state index contributed by atoms with van der Waals surface area (Å²) in [5, 5.41) is 2.85. The van der Waals surface area contributed by atoms with Crippen LogP contribution < -0.4 is 5.73 Å². The lowest BCUT2D eigenvalue weighted by atomic mass is 9.91. The van der Waals surface area contributed by atoms with Crippen molar-refractivity contribution in [3.8, 4) is 0 Å². The minimum absolute atomic E-state index is 0.119. The summed E-state index contributed by atoms with van der Waals surface area (Å²) in [6, 6.07) is 2.06. The Morgan fingerprint density at radius 2 is 2.20 bits per heavy atom. The van der Waals surface area contributed by atoms with E-state index in [1.807, 2.05) is 11.4 Å². The lowest BCUT2D eigenvalue weighted by Crippen LogP contribution is -2.20. The standard InChI is InChI=1S/C12H20ClNS/c1-3-5-6-9(4-2)11(14)12-10(13)7-8-15-12/h7-9,11H,3-6,14H2,1-2H3. The summed E-state index contributed by atoms with van der Waals surface area (Å²) < 4.78 is 0. The third-order valence-electron chi connectivity index (χ3n) is 2.91. The zero-order valence-electron chi connectivity index (χ0n) is 9.50. The van der Waals surface area contributed by atoms with Crippen molar-refractivity contribution in [2.45, 2.75) is 45.6 Å². The van der Waals surface area contributed by atoms with Gasteiger partial charge in [-0.25, -0.2) is 0 Å². The molecule has 2 unspecified atom stereocenters. The van der Waals surface area contributed by atoms with Crippen molar-refractivity contribution >= 4 is 22.9 Å². The van der Waals surface area contributed by atoms with E-state index < -0.39 is 0 Å². The van der Waals surface area contributed by atoms with E-state index in [4.69, 9.17) is 17.3 Å². The zero-order valence-corrected chi connectivity index (χ0v) is 11.1. The summed E-state index contributed by atoms with van der Waals surface area (Å²) in [5.74, 6) is 0.570. The molecule has 1 aromatic rings. The maximum Gasteiger partial charge on any atom is 0.0561 e. The van der Waals surface area contributed by atoms with E-state index in [2.05, 4.69) is 13.8 Å². The van der Waals surface area contributed by atoms with Crippen LogP contribution in [0.5, 0.6) is 0 Å². The average molecular weight is 246 g/mol. The molecule has 0 radical (unpaired) electrons. The first-order valence-corrected chi connectivity index (χ1v) is 6.94. The first kappa shape index (κ1) is 13.0. The fourth-order valence-electron chi connectivity index (χ4n) is 1.86. The van der Waals surface area contributed by atoms with Crippen LogP contribution in [-0.4, -0.2) is 0 Å². The Hall–Kier alpha value is -0.0500. The fourth-order valence-corrected chi connectivity index (χ4v) is 3.14. The van der Waals surface area contributed by atoms with Crippen LogP contribution >= 0.6 is 22.9 Å². The molecule has 2 N–H and O–H groups in total. The molecule has 0 saturated heterocycles. The molecule has 0 aliphatic heterocycles. The molecule has 0 aromatic carbocycles. The second-order valence-corrected chi connectivity index (χ2v) is 5.32. The van der Waals surface area contributed by atoms with Crippen LogP contribution in [0.15, 0.2) is 11.4 Å². The Morgan fingerprint density at radius 3 is 2.67 bits per heavy atom. The minimum atomic E-state index is 0.119. The molecule has 86 valence electrons. The summed E-state index contributed by atoms with van der Waals surface area (Å²) in [7, 11) is 0. The number of unbranched alkanes of at least 4 members (excludes halogenated alkanes) is 1. The van der Waals surface area contributed by atoms with Crippen LogP contribution in [0.2, 0.25) is 5.02 Å². The molecule has 2 atom stereocenters. The van der Waals surface area contributed by atoms with E-state index in [9.17, 15) is 0 Å². The highest BCUT2D eigenvalue weighted by atomic mass is 35.5. The number of hydrogen-bond acceptors (Lipinski definition) is 2. The smallest absolute Gasteiger partial charge is 0.0561 e. The molecule has 0 bridgehead atoms. The predicted octanol–water partition coefficient (Wildman–Crippen LogP) is 4.62. The summed E-state index contributed by atoms with van der Waals surface area (Å²) in [6.07, 6.45) is 4.84. The molecule has 1 rings (SSSR count). The predicted molar refractivity (Wildman–Crippen MR) is 69.6 cm³/mol. The summed E-state index contributed by atoms with van der Waals surface area (Å²) in [4.78, 5) is 1.15. The lowest BCUT2D eigenvalue weighted by molar-refractivity contribution is 0.382. The number of hydrogen-bond donors (Lipinski definition) is 1. The molecule has 0 aliphatic carbocycles. The van der Waals surface area contributed by atoms with Gasteiger partial charge in [-0.1, -0.05) is 44.7 Å². The van der Waals surface area contributed by atoms with E-state index in [1.165, 1.54) is 19.3 Å². The molecular weight excluding hydrogens is 226 g/mol. The van der Waals surface area contributed by atoms with Gasteiger partial charge in [-0.15, -0.1) is 11.3 Å². The molecule has 15 heavy (non-hydrogen) atoms. The molecule has 0 saturated carbocycles. The molecule has 0 amide bonds. The monoisotopic (exact) mass is 245 g/mol. The summed E-state index contributed by atoms with van der Waals surface area (Å²) >= 11 is 7.78. The number of rotatable bonds is 6.